The smallest absolute Gasteiger partial charge is 0.326 e. The number of H-pyrrole nitrogens is 1. The number of carboxylic acids is 1. The molecule has 0 spiro atoms. The number of carboxylic acid groups (broad SMARTS) is 1. The molecule has 1 aliphatic rings. The summed E-state index contributed by atoms with van der Waals surface area (Å²) in [5.41, 5.74) is 5.66. The van der Waals surface area contributed by atoms with E-state index in [-0.39, 0.29) is 18.9 Å². The van der Waals surface area contributed by atoms with Gasteiger partial charge in [0.1, 0.15) is 6.04 Å². The van der Waals surface area contributed by atoms with E-state index < -0.39 is 17.4 Å². The number of ether oxygens (including phenoxy) is 1. The highest BCUT2D eigenvalue weighted by Gasteiger charge is 2.40. The van der Waals surface area contributed by atoms with Gasteiger partial charge in [-0.15, -0.1) is 0 Å². The molecule has 21 heavy (non-hydrogen) atoms. The minimum atomic E-state index is -1.09. The fourth-order valence-corrected chi connectivity index (χ4v) is 2.41. The molecule has 1 atom stereocenters. The summed E-state index contributed by atoms with van der Waals surface area (Å²) in [7, 11) is 0. The molecule has 1 fully saturated rings. The SMILES string of the molecule is NCC1(C(=O)N[C@@H](Cc2cnc[nH]2)C(=O)O)CCOCC1. The Morgan fingerprint density at radius 1 is 1.52 bits per heavy atom. The van der Waals surface area contributed by atoms with Gasteiger partial charge in [0.05, 0.1) is 11.7 Å². The number of hydrogen-bond acceptors (Lipinski definition) is 5. The highest BCUT2D eigenvalue weighted by Crippen LogP contribution is 2.29. The monoisotopic (exact) mass is 296 g/mol. The van der Waals surface area contributed by atoms with E-state index >= 15 is 0 Å². The number of amides is 1. The van der Waals surface area contributed by atoms with E-state index in [0.29, 0.717) is 31.7 Å². The first-order chi connectivity index (χ1) is 10.1. The molecule has 116 valence electrons. The fraction of sp³-hybridized carbons (Fsp3) is 0.615. The van der Waals surface area contributed by atoms with E-state index in [0.717, 1.165) is 0 Å². The summed E-state index contributed by atoms with van der Waals surface area (Å²) in [6, 6.07) is -1.01. The Bertz CT molecular complexity index is 482. The van der Waals surface area contributed by atoms with Gasteiger partial charge in [-0.05, 0) is 12.8 Å². The second kappa shape index (κ2) is 6.68. The third-order valence-electron chi connectivity index (χ3n) is 3.90. The van der Waals surface area contributed by atoms with Crippen LogP contribution < -0.4 is 11.1 Å². The van der Waals surface area contributed by atoms with Crippen molar-refractivity contribution in [3.63, 3.8) is 0 Å². The molecule has 1 aromatic heterocycles. The second-order valence-electron chi connectivity index (χ2n) is 5.24. The van der Waals surface area contributed by atoms with Crippen LogP contribution in [0.2, 0.25) is 0 Å². The second-order valence-corrected chi connectivity index (χ2v) is 5.24. The molecule has 1 saturated heterocycles. The van der Waals surface area contributed by atoms with Crippen molar-refractivity contribution in [3.05, 3.63) is 18.2 Å². The van der Waals surface area contributed by atoms with Crippen molar-refractivity contribution in [2.45, 2.75) is 25.3 Å². The number of nitrogens with zero attached hydrogens (tertiary/aromatic N) is 1. The first-order valence-electron chi connectivity index (χ1n) is 6.86. The van der Waals surface area contributed by atoms with Gasteiger partial charge in [0, 0.05) is 38.1 Å². The quantitative estimate of drug-likeness (QED) is 0.548. The van der Waals surface area contributed by atoms with Crippen LogP contribution in [-0.4, -0.2) is 52.8 Å². The number of aromatic nitrogens is 2. The zero-order valence-electron chi connectivity index (χ0n) is 11.7. The maximum absolute atomic E-state index is 12.5. The minimum Gasteiger partial charge on any atom is -0.480 e. The predicted octanol–water partition coefficient (Wildman–Crippen LogP) is -0.723. The van der Waals surface area contributed by atoms with Gasteiger partial charge in [0.15, 0.2) is 0 Å². The van der Waals surface area contributed by atoms with Crippen LogP contribution in [0.3, 0.4) is 0 Å². The van der Waals surface area contributed by atoms with Crippen LogP contribution in [0.25, 0.3) is 0 Å². The number of aliphatic carboxylic acids is 1. The van der Waals surface area contributed by atoms with Crippen molar-refractivity contribution in [2.24, 2.45) is 11.1 Å². The van der Waals surface area contributed by atoms with Gasteiger partial charge in [0.2, 0.25) is 5.91 Å². The number of carbonyl (C=O) groups is 2. The lowest BCUT2D eigenvalue weighted by molar-refractivity contribution is -0.145. The number of nitrogens with one attached hydrogen (secondary N) is 2. The number of rotatable bonds is 6. The Morgan fingerprint density at radius 2 is 2.24 bits per heavy atom. The van der Waals surface area contributed by atoms with E-state index in [2.05, 4.69) is 15.3 Å². The molecule has 0 aliphatic carbocycles. The van der Waals surface area contributed by atoms with Gasteiger partial charge in [-0.3, -0.25) is 4.79 Å². The molecule has 1 aliphatic heterocycles. The predicted molar refractivity (Wildman–Crippen MR) is 73.4 cm³/mol. The molecule has 2 heterocycles. The van der Waals surface area contributed by atoms with Crippen molar-refractivity contribution >= 4 is 11.9 Å². The molecular formula is C13H20N4O4. The van der Waals surface area contributed by atoms with Crippen LogP contribution in [0.1, 0.15) is 18.5 Å². The summed E-state index contributed by atoms with van der Waals surface area (Å²) in [5, 5.41) is 11.9. The van der Waals surface area contributed by atoms with Crippen molar-refractivity contribution in [3.8, 4) is 0 Å². The van der Waals surface area contributed by atoms with Gasteiger partial charge in [-0.2, -0.15) is 0 Å². The van der Waals surface area contributed by atoms with Crippen molar-refractivity contribution in [1.29, 1.82) is 0 Å². The molecule has 0 aromatic carbocycles. The number of hydrogen-bond donors (Lipinski definition) is 4. The average Bonchev–Trinajstić information content (AvgIpc) is 3.00. The molecular weight excluding hydrogens is 276 g/mol. The number of imidazole rings is 1. The molecule has 8 heteroatoms. The molecule has 1 aromatic rings. The molecule has 2 rings (SSSR count). The normalized spacial score (nSPS) is 18.9. The standard InChI is InChI=1S/C13H20N4O4/c14-7-13(1-3-21-4-2-13)12(20)17-10(11(18)19)5-9-6-15-8-16-9/h6,8,10H,1-5,7,14H2,(H,15,16)(H,17,20)(H,18,19)/t10-/m0/s1. The first-order valence-corrected chi connectivity index (χ1v) is 6.86. The summed E-state index contributed by atoms with van der Waals surface area (Å²) in [4.78, 5) is 30.5. The summed E-state index contributed by atoms with van der Waals surface area (Å²) in [6.45, 7) is 1.10. The number of aromatic amines is 1. The molecule has 0 bridgehead atoms. The zero-order chi connectivity index (χ0) is 15.3. The Kier molecular flexibility index (Phi) is 4.92. The van der Waals surface area contributed by atoms with Crippen LogP contribution in [0, 0.1) is 5.41 Å². The minimum absolute atomic E-state index is 0.151. The van der Waals surface area contributed by atoms with Crippen molar-refractivity contribution in [2.75, 3.05) is 19.8 Å². The van der Waals surface area contributed by atoms with Crippen LogP contribution in [0.15, 0.2) is 12.5 Å². The first kappa shape index (κ1) is 15.5. The van der Waals surface area contributed by atoms with E-state index in [9.17, 15) is 14.7 Å². The Balaban J connectivity index is 2.05. The maximum Gasteiger partial charge on any atom is 0.326 e. The Morgan fingerprint density at radius 3 is 2.76 bits per heavy atom. The Labute approximate surface area is 122 Å². The average molecular weight is 296 g/mol. The van der Waals surface area contributed by atoms with Crippen LogP contribution in [0.4, 0.5) is 0 Å². The van der Waals surface area contributed by atoms with E-state index in [1.165, 1.54) is 12.5 Å². The lowest BCUT2D eigenvalue weighted by Crippen LogP contribution is -2.54. The van der Waals surface area contributed by atoms with E-state index in [1.807, 2.05) is 0 Å². The van der Waals surface area contributed by atoms with Crippen LogP contribution >= 0.6 is 0 Å². The van der Waals surface area contributed by atoms with Gasteiger partial charge >= 0.3 is 5.97 Å². The maximum atomic E-state index is 12.5. The molecule has 0 unspecified atom stereocenters. The summed E-state index contributed by atoms with van der Waals surface area (Å²) in [5.74, 6) is -1.41. The lowest BCUT2D eigenvalue weighted by Gasteiger charge is -2.35. The highest BCUT2D eigenvalue weighted by molar-refractivity contribution is 5.87. The Hall–Kier alpha value is -1.93. The fourth-order valence-electron chi connectivity index (χ4n) is 2.41. The van der Waals surface area contributed by atoms with E-state index in [1.54, 1.807) is 0 Å². The lowest BCUT2D eigenvalue weighted by atomic mass is 9.79. The molecule has 1 amide bonds. The molecule has 0 radical (unpaired) electrons. The third kappa shape index (κ3) is 3.59. The summed E-state index contributed by atoms with van der Waals surface area (Å²) < 4.78 is 5.25. The van der Waals surface area contributed by atoms with Gasteiger partial charge in [0.25, 0.3) is 0 Å². The molecule has 0 saturated carbocycles. The van der Waals surface area contributed by atoms with Crippen LogP contribution in [0.5, 0.6) is 0 Å². The van der Waals surface area contributed by atoms with Gasteiger partial charge < -0.3 is 25.9 Å². The zero-order valence-corrected chi connectivity index (χ0v) is 11.7. The van der Waals surface area contributed by atoms with Crippen LogP contribution in [-0.2, 0) is 20.7 Å². The molecule has 8 nitrogen and oxygen atoms in total. The largest absolute Gasteiger partial charge is 0.480 e. The summed E-state index contributed by atoms with van der Waals surface area (Å²) in [6.07, 6.45) is 4.17. The summed E-state index contributed by atoms with van der Waals surface area (Å²) >= 11 is 0. The number of nitrogens with two attached hydrogens (primary N) is 1. The van der Waals surface area contributed by atoms with Gasteiger partial charge in [-0.25, -0.2) is 9.78 Å². The highest BCUT2D eigenvalue weighted by atomic mass is 16.5. The van der Waals surface area contributed by atoms with Crippen molar-refractivity contribution in [1.82, 2.24) is 15.3 Å². The van der Waals surface area contributed by atoms with Crippen molar-refractivity contribution < 1.29 is 19.4 Å². The number of carbonyl (C=O) groups excluding carboxylic acids is 1. The third-order valence-corrected chi connectivity index (χ3v) is 3.90. The topological polar surface area (TPSA) is 130 Å². The van der Waals surface area contributed by atoms with E-state index in [4.69, 9.17) is 10.5 Å². The molecule has 5 N–H and O–H groups in total. The van der Waals surface area contributed by atoms with Gasteiger partial charge in [-0.1, -0.05) is 0 Å².